The lowest BCUT2D eigenvalue weighted by atomic mass is 10.1. The van der Waals surface area contributed by atoms with E-state index in [1.807, 2.05) is 45.0 Å². The topological polar surface area (TPSA) is 63.4 Å². The molecule has 0 bridgehead atoms. The van der Waals surface area contributed by atoms with Crippen LogP contribution in [-0.4, -0.2) is 22.8 Å². The van der Waals surface area contributed by atoms with Crippen molar-refractivity contribution in [2.75, 3.05) is 0 Å². The average Bonchev–Trinajstić information content (AvgIpc) is 2.26. The van der Waals surface area contributed by atoms with E-state index >= 15 is 0 Å². The van der Waals surface area contributed by atoms with Gasteiger partial charge in [-0.25, -0.2) is 0 Å². The predicted molar refractivity (Wildman–Crippen MR) is 66.1 cm³/mol. The van der Waals surface area contributed by atoms with E-state index in [0.29, 0.717) is 6.54 Å². The van der Waals surface area contributed by atoms with Crippen molar-refractivity contribution in [3.63, 3.8) is 0 Å². The molecule has 0 atom stereocenters. The third-order valence-electron chi connectivity index (χ3n) is 2.70. The minimum absolute atomic E-state index is 0.0605. The highest BCUT2D eigenvalue weighted by Crippen LogP contribution is 2.12. The van der Waals surface area contributed by atoms with Crippen LogP contribution < -0.4 is 5.73 Å². The van der Waals surface area contributed by atoms with Crippen LogP contribution in [0.25, 0.3) is 0 Å². The molecule has 0 aliphatic carbocycles. The van der Waals surface area contributed by atoms with Gasteiger partial charge in [0, 0.05) is 12.6 Å². The molecule has 4 nitrogen and oxygen atoms in total. The Hall–Kier alpha value is -1.84. The lowest BCUT2D eigenvalue weighted by Gasteiger charge is -2.26. The van der Waals surface area contributed by atoms with Crippen molar-refractivity contribution in [2.45, 2.75) is 33.4 Å². The number of hydrogen-bond acceptors (Lipinski definition) is 2. The summed E-state index contributed by atoms with van der Waals surface area (Å²) in [5.74, 6) is -1.55. The van der Waals surface area contributed by atoms with Crippen LogP contribution in [-0.2, 0) is 16.1 Å². The molecule has 0 aromatic heterocycles. The number of aryl methyl sites for hydroxylation is 1. The molecule has 1 aromatic rings. The van der Waals surface area contributed by atoms with Gasteiger partial charge < -0.3 is 10.6 Å². The smallest absolute Gasteiger partial charge is 0.312 e. The van der Waals surface area contributed by atoms with Crippen molar-refractivity contribution in [2.24, 2.45) is 5.73 Å². The second-order valence-corrected chi connectivity index (χ2v) is 4.32. The molecule has 0 aliphatic heterocycles. The van der Waals surface area contributed by atoms with Crippen molar-refractivity contribution in [3.05, 3.63) is 35.4 Å². The molecule has 1 aromatic carbocycles. The normalized spacial score (nSPS) is 10.4. The second kappa shape index (κ2) is 5.48. The van der Waals surface area contributed by atoms with Crippen LogP contribution >= 0.6 is 0 Å². The summed E-state index contributed by atoms with van der Waals surface area (Å²) in [4.78, 5) is 24.1. The third kappa shape index (κ3) is 3.31. The fourth-order valence-corrected chi connectivity index (χ4v) is 1.60. The Morgan fingerprint density at radius 1 is 1.29 bits per heavy atom. The van der Waals surface area contributed by atoms with Gasteiger partial charge in [0.15, 0.2) is 0 Å². The molecule has 0 aliphatic rings. The SMILES string of the molecule is Cc1ccccc1CN(C(=O)C(N)=O)C(C)C. The lowest BCUT2D eigenvalue weighted by molar-refractivity contribution is -0.145. The largest absolute Gasteiger partial charge is 0.361 e. The Labute approximate surface area is 101 Å². The summed E-state index contributed by atoms with van der Waals surface area (Å²) in [5, 5.41) is 0. The molecule has 0 heterocycles. The molecular formula is C13H18N2O2. The van der Waals surface area contributed by atoms with Gasteiger partial charge in [0.2, 0.25) is 0 Å². The maximum absolute atomic E-state index is 11.7. The molecule has 1 rings (SSSR count). The molecule has 0 radical (unpaired) electrons. The van der Waals surface area contributed by atoms with Gasteiger partial charge in [0.05, 0.1) is 0 Å². The number of amides is 2. The van der Waals surface area contributed by atoms with Crippen molar-refractivity contribution >= 4 is 11.8 Å². The zero-order chi connectivity index (χ0) is 13.0. The fourth-order valence-electron chi connectivity index (χ4n) is 1.60. The van der Waals surface area contributed by atoms with Crippen molar-refractivity contribution in [1.29, 1.82) is 0 Å². The van der Waals surface area contributed by atoms with E-state index in [9.17, 15) is 9.59 Å². The van der Waals surface area contributed by atoms with E-state index < -0.39 is 11.8 Å². The Morgan fingerprint density at radius 3 is 2.35 bits per heavy atom. The van der Waals surface area contributed by atoms with Gasteiger partial charge >= 0.3 is 11.8 Å². The first-order valence-electron chi connectivity index (χ1n) is 5.58. The van der Waals surface area contributed by atoms with Gasteiger partial charge in [0.1, 0.15) is 0 Å². The fraction of sp³-hybridized carbons (Fsp3) is 0.385. The van der Waals surface area contributed by atoms with E-state index in [-0.39, 0.29) is 6.04 Å². The van der Waals surface area contributed by atoms with Crippen LogP contribution in [0.3, 0.4) is 0 Å². The first-order valence-corrected chi connectivity index (χ1v) is 5.58. The molecular weight excluding hydrogens is 216 g/mol. The van der Waals surface area contributed by atoms with Gasteiger partial charge in [-0.05, 0) is 31.9 Å². The monoisotopic (exact) mass is 234 g/mol. The minimum Gasteiger partial charge on any atom is -0.361 e. The van der Waals surface area contributed by atoms with E-state index in [4.69, 9.17) is 5.73 Å². The second-order valence-electron chi connectivity index (χ2n) is 4.32. The molecule has 0 saturated heterocycles. The van der Waals surface area contributed by atoms with Crippen molar-refractivity contribution in [1.82, 2.24) is 4.90 Å². The average molecular weight is 234 g/mol. The highest BCUT2D eigenvalue weighted by molar-refractivity contribution is 6.34. The Bertz CT molecular complexity index is 427. The third-order valence-corrected chi connectivity index (χ3v) is 2.70. The van der Waals surface area contributed by atoms with Gasteiger partial charge in [0.25, 0.3) is 0 Å². The Balaban J connectivity index is 2.92. The number of nitrogens with zero attached hydrogens (tertiary/aromatic N) is 1. The van der Waals surface area contributed by atoms with E-state index in [2.05, 4.69) is 0 Å². The molecule has 0 saturated carbocycles. The van der Waals surface area contributed by atoms with Crippen LogP contribution in [0.1, 0.15) is 25.0 Å². The van der Waals surface area contributed by atoms with Crippen LogP contribution in [0.2, 0.25) is 0 Å². The van der Waals surface area contributed by atoms with Gasteiger partial charge in [-0.1, -0.05) is 24.3 Å². The van der Waals surface area contributed by atoms with Gasteiger partial charge in [-0.3, -0.25) is 9.59 Å². The number of nitrogens with two attached hydrogens (primary N) is 1. The zero-order valence-corrected chi connectivity index (χ0v) is 10.4. The van der Waals surface area contributed by atoms with E-state index in [1.165, 1.54) is 4.90 Å². The van der Waals surface area contributed by atoms with E-state index in [0.717, 1.165) is 11.1 Å². The molecule has 2 amide bonds. The maximum atomic E-state index is 11.7. The predicted octanol–water partition coefficient (Wildman–Crippen LogP) is 1.22. The van der Waals surface area contributed by atoms with Gasteiger partial charge in [-0.15, -0.1) is 0 Å². The zero-order valence-electron chi connectivity index (χ0n) is 10.4. The summed E-state index contributed by atoms with van der Waals surface area (Å²) in [5.41, 5.74) is 7.15. The summed E-state index contributed by atoms with van der Waals surface area (Å²) in [6.45, 7) is 6.10. The minimum atomic E-state index is -0.910. The standard InChI is InChI=1S/C13H18N2O2/c1-9(2)15(13(17)12(14)16)8-11-7-5-4-6-10(11)3/h4-7,9H,8H2,1-3H3,(H2,14,16). The summed E-state index contributed by atoms with van der Waals surface area (Å²) in [7, 11) is 0. The summed E-state index contributed by atoms with van der Waals surface area (Å²) in [6, 6.07) is 7.71. The van der Waals surface area contributed by atoms with Crippen LogP contribution in [0.5, 0.6) is 0 Å². The highest BCUT2D eigenvalue weighted by atomic mass is 16.2. The van der Waals surface area contributed by atoms with Crippen molar-refractivity contribution in [3.8, 4) is 0 Å². The molecule has 17 heavy (non-hydrogen) atoms. The van der Waals surface area contributed by atoms with Crippen LogP contribution in [0.4, 0.5) is 0 Å². The van der Waals surface area contributed by atoms with Crippen LogP contribution in [0.15, 0.2) is 24.3 Å². The number of rotatable bonds is 3. The summed E-state index contributed by atoms with van der Waals surface area (Å²) < 4.78 is 0. The van der Waals surface area contributed by atoms with Gasteiger partial charge in [-0.2, -0.15) is 0 Å². The number of benzene rings is 1. The lowest BCUT2D eigenvalue weighted by Crippen LogP contribution is -2.43. The highest BCUT2D eigenvalue weighted by Gasteiger charge is 2.22. The Kier molecular flexibility index (Phi) is 4.26. The number of hydrogen-bond donors (Lipinski definition) is 1. The first-order chi connectivity index (χ1) is 7.93. The molecule has 4 heteroatoms. The van der Waals surface area contributed by atoms with Crippen molar-refractivity contribution < 1.29 is 9.59 Å². The van der Waals surface area contributed by atoms with E-state index in [1.54, 1.807) is 0 Å². The maximum Gasteiger partial charge on any atom is 0.312 e. The number of primary amides is 1. The molecule has 2 N–H and O–H groups in total. The molecule has 0 spiro atoms. The summed E-state index contributed by atoms with van der Waals surface area (Å²) in [6.07, 6.45) is 0. The number of carbonyl (C=O) groups is 2. The first kappa shape index (κ1) is 13.2. The summed E-state index contributed by atoms with van der Waals surface area (Å²) >= 11 is 0. The van der Waals surface area contributed by atoms with Crippen LogP contribution in [0, 0.1) is 6.92 Å². The molecule has 0 unspecified atom stereocenters. The molecule has 92 valence electrons. The Morgan fingerprint density at radius 2 is 1.88 bits per heavy atom. The quantitative estimate of drug-likeness (QED) is 0.799. The number of carbonyl (C=O) groups excluding carboxylic acids is 2. The molecule has 0 fully saturated rings.